The average molecular weight is 518 g/mol. The first kappa shape index (κ1) is 21.4. The van der Waals surface area contributed by atoms with E-state index >= 15 is 0 Å². The Morgan fingerprint density at radius 2 is 1.34 bits per heavy atom. The van der Waals surface area contributed by atoms with Gasteiger partial charge in [-0.1, -0.05) is 84.9 Å². The third-order valence-electron chi connectivity index (χ3n) is 6.11. The van der Waals surface area contributed by atoms with E-state index in [1.54, 1.807) is 0 Å². The highest BCUT2D eigenvalue weighted by molar-refractivity contribution is 9.10. The van der Waals surface area contributed by atoms with Crippen LogP contribution >= 0.6 is 15.9 Å². The summed E-state index contributed by atoms with van der Waals surface area (Å²) in [6.07, 6.45) is 0.0897. The smallest absolute Gasteiger partial charge is 0.188 e. The molecule has 0 aliphatic carbocycles. The van der Waals surface area contributed by atoms with Gasteiger partial charge in [-0.25, -0.2) is 9.97 Å². The maximum absolute atomic E-state index is 13.9. The van der Waals surface area contributed by atoms with Crippen molar-refractivity contribution >= 4 is 43.5 Å². The topological polar surface area (TPSA) is 47.8 Å². The van der Waals surface area contributed by atoms with E-state index in [4.69, 9.17) is 9.97 Å². The summed E-state index contributed by atoms with van der Waals surface area (Å²) < 4.78 is 2.80. The van der Waals surface area contributed by atoms with Gasteiger partial charge < -0.3 is 4.57 Å². The molecular formula is C30H20BrN3O. The largest absolute Gasteiger partial charge is 0.306 e. The van der Waals surface area contributed by atoms with Gasteiger partial charge in [0.25, 0.3) is 0 Å². The predicted molar refractivity (Wildman–Crippen MR) is 144 cm³/mol. The molecule has 0 saturated heterocycles. The standard InChI is InChI=1S/C30H20BrN3O/c31-28-23-16-8-10-18-25(23)34(21-13-5-2-6-14-21)30(28)26(35)19-27-32-24-17-9-7-15-22(24)29(33-27)20-11-3-1-4-12-20/h1-18H,19H2. The van der Waals surface area contributed by atoms with Gasteiger partial charge in [-0.05, 0) is 40.2 Å². The number of rotatable bonds is 5. The van der Waals surface area contributed by atoms with Crippen molar-refractivity contribution in [2.75, 3.05) is 0 Å². The lowest BCUT2D eigenvalue weighted by Crippen LogP contribution is -2.13. The molecule has 0 spiro atoms. The highest BCUT2D eigenvalue weighted by Gasteiger charge is 2.23. The van der Waals surface area contributed by atoms with E-state index in [9.17, 15) is 4.79 Å². The van der Waals surface area contributed by atoms with Crippen LogP contribution in [-0.4, -0.2) is 20.3 Å². The van der Waals surface area contributed by atoms with E-state index in [1.165, 1.54) is 0 Å². The Bertz CT molecular complexity index is 1690. The number of carbonyl (C=O) groups is 1. The van der Waals surface area contributed by atoms with Crippen LogP contribution in [0.4, 0.5) is 0 Å². The number of hydrogen-bond donors (Lipinski definition) is 0. The lowest BCUT2D eigenvalue weighted by Gasteiger charge is -2.12. The summed E-state index contributed by atoms with van der Waals surface area (Å²) in [6, 6.07) is 35.9. The Kier molecular flexibility index (Phi) is 5.47. The zero-order chi connectivity index (χ0) is 23.8. The molecule has 0 radical (unpaired) electrons. The number of Topliss-reactive ketones (excluding diaryl/α,β-unsaturated/α-hetero) is 1. The number of fused-ring (bicyclic) bond motifs is 2. The first-order chi connectivity index (χ1) is 17.2. The quantitative estimate of drug-likeness (QED) is 0.223. The Balaban J connectivity index is 1.49. The van der Waals surface area contributed by atoms with E-state index in [0.29, 0.717) is 11.5 Å². The van der Waals surface area contributed by atoms with Crippen LogP contribution in [0.5, 0.6) is 0 Å². The molecule has 0 aliphatic rings. The Morgan fingerprint density at radius 3 is 2.11 bits per heavy atom. The van der Waals surface area contributed by atoms with Crippen molar-refractivity contribution in [3.8, 4) is 16.9 Å². The number of hydrogen-bond acceptors (Lipinski definition) is 3. The number of halogens is 1. The van der Waals surface area contributed by atoms with Gasteiger partial charge in [-0.2, -0.15) is 0 Å². The molecule has 0 atom stereocenters. The van der Waals surface area contributed by atoms with Crippen molar-refractivity contribution < 1.29 is 4.79 Å². The summed E-state index contributed by atoms with van der Waals surface area (Å²) in [4.78, 5) is 23.5. The SMILES string of the molecule is O=C(Cc1nc(-c2ccccc2)c2ccccc2n1)c1c(Br)c2ccccc2n1-c1ccccc1. The molecule has 168 valence electrons. The van der Waals surface area contributed by atoms with Crippen molar-refractivity contribution in [2.24, 2.45) is 0 Å². The van der Waals surface area contributed by atoms with Crippen LogP contribution in [0.2, 0.25) is 0 Å². The molecule has 2 aromatic heterocycles. The van der Waals surface area contributed by atoms with Crippen LogP contribution < -0.4 is 0 Å². The highest BCUT2D eigenvalue weighted by atomic mass is 79.9. The number of benzene rings is 4. The monoisotopic (exact) mass is 517 g/mol. The summed E-state index contributed by atoms with van der Waals surface area (Å²) in [7, 11) is 0. The summed E-state index contributed by atoms with van der Waals surface area (Å²) in [5, 5.41) is 1.96. The first-order valence-electron chi connectivity index (χ1n) is 11.4. The van der Waals surface area contributed by atoms with E-state index in [0.717, 1.165) is 43.2 Å². The van der Waals surface area contributed by atoms with Gasteiger partial charge >= 0.3 is 0 Å². The molecule has 0 aliphatic heterocycles. The zero-order valence-corrected chi connectivity index (χ0v) is 20.3. The van der Waals surface area contributed by atoms with Crippen LogP contribution in [0, 0.1) is 0 Å². The molecule has 0 saturated carbocycles. The lowest BCUT2D eigenvalue weighted by atomic mass is 10.1. The minimum Gasteiger partial charge on any atom is -0.306 e. The van der Waals surface area contributed by atoms with Crippen molar-refractivity contribution in [3.63, 3.8) is 0 Å². The minimum atomic E-state index is -0.0498. The predicted octanol–water partition coefficient (Wildman–Crippen LogP) is 7.43. The van der Waals surface area contributed by atoms with Crippen LogP contribution in [0.3, 0.4) is 0 Å². The molecule has 4 aromatic carbocycles. The van der Waals surface area contributed by atoms with Crippen LogP contribution in [0.15, 0.2) is 114 Å². The molecule has 0 bridgehead atoms. The molecule has 5 heteroatoms. The Hall–Kier alpha value is -4.09. The van der Waals surface area contributed by atoms with E-state index < -0.39 is 0 Å². The lowest BCUT2D eigenvalue weighted by molar-refractivity contribution is 0.0984. The summed E-state index contributed by atoms with van der Waals surface area (Å²) >= 11 is 3.72. The van der Waals surface area contributed by atoms with Gasteiger partial charge in [0.05, 0.1) is 27.6 Å². The molecular weight excluding hydrogens is 498 g/mol. The average Bonchev–Trinajstić information content (AvgIpc) is 3.22. The van der Waals surface area contributed by atoms with Crippen molar-refractivity contribution in [1.82, 2.24) is 14.5 Å². The summed E-state index contributed by atoms with van der Waals surface area (Å²) in [5.41, 5.74) is 5.16. The molecule has 0 unspecified atom stereocenters. The molecule has 6 aromatic rings. The van der Waals surface area contributed by atoms with Crippen LogP contribution in [0.25, 0.3) is 38.8 Å². The number of carbonyl (C=O) groups excluding carboxylic acids is 1. The van der Waals surface area contributed by atoms with Gasteiger partial charge in [0, 0.05) is 22.0 Å². The number of para-hydroxylation sites is 3. The second-order valence-electron chi connectivity index (χ2n) is 8.32. The maximum Gasteiger partial charge on any atom is 0.188 e. The number of nitrogens with zero attached hydrogens (tertiary/aromatic N) is 3. The second-order valence-corrected chi connectivity index (χ2v) is 9.12. The molecule has 6 rings (SSSR count). The summed E-state index contributed by atoms with van der Waals surface area (Å²) in [6.45, 7) is 0. The highest BCUT2D eigenvalue weighted by Crippen LogP contribution is 2.34. The normalized spacial score (nSPS) is 11.2. The van der Waals surface area contributed by atoms with E-state index in [2.05, 4.69) is 15.9 Å². The van der Waals surface area contributed by atoms with Crippen molar-refractivity contribution in [3.05, 3.63) is 125 Å². The molecule has 2 heterocycles. The molecule has 0 fully saturated rings. The van der Waals surface area contributed by atoms with Gasteiger partial charge in [-0.15, -0.1) is 0 Å². The molecule has 0 amide bonds. The third kappa shape index (κ3) is 3.84. The second kappa shape index (κ2) is 8.93. The molecule has 4 nitrogen and oxygen atoms in total. The minimum absolute atomic E-state index is 0.0498. The van der Waals surface area contributed by atoms with Crippen molar-refractivity contribution in [1.29, 1.82) is 0 Å². The fourth-order valence-electron chi connectivity index (χ4n) is 4.54. The van der Waals surface area contributed by atoms with Gasteiger partial charge in [-0.3, -0.25) is 4.79 Å². The molecule has 0 N–H and O–H groups in total. The van der Waals surface area contributed by atoms with Crippen LogP contribution in [0.1, 0.15) is 16.3 Å². The molecule has 35 heavy (non-hydrogen) atoms. The Morgan fingerprint density at radius 1 is 0.714 bits per heavy atom. The fraction of sp³-hybridized carbons (Fsp3) is 0.0333. The van der Waals surface area contributed by atoms with Crippen LogP contribution in [-0.2, 0) is 6.42 Å². The Labute approximate surface area is 211 Å². The van der Waals surface area contributed by atoms with E-state index in [-0.39, 0.29) is 12.2 Å². The number of ketones is 1. The third-order valence-corrected chi connectivity index (χ3v) is 6.91. The van der Waals surface area contributed by atoms with Crippen molar-refractivity contribution in [2.45, 2.75) is 6.42 Å². The first-order valence-corrected chi connectivity index (χ1v) is 12.2. The fourth-order valence-corrected chi connectivity index (χ4v) is 5.27. The summed E-state index contributed by atoms with van der Waals surface area (Å²) in [5.74, 6) is 0.454. The maximum atomic E-state index is 13.9. The van der Waals surface area contributed by atoms with Gasteiger partial charge in [0.15, 0.2) is 5.78 Å². The number of aromatic nitrogens is 3. The van der Waals surface area contributed by atoms with E-state index in [1.807, 2.05) is 114 Å². The van der Waals surface area contributed by atoms with Gasteiger partial charge in [0.2, 0.25) is 0 Å². The zero-order valence-electron chi connectivity index (χ0n) is 18.7. The van der Waals surface area contributed by atoms with Gasteiger partial charge in [0.1, 0.15) is 11.5 Å².